The fraction of sp³-hybridized carbons (Fsp3) is 0.400. The molecule has 4 aromatic carbocycles. The molecule has 0 aromatic heterocycles. The molecule has 0 bridgehead atoms. The summed E-state index contributed by atoms with van der Waals surface area (Å²) in [5.74, 6) is 0. The van der Waals surface area contributed by atoms with Crippen LogP contribution in [0.4, 0.5) is 11.4 Å². The molecular formula is C55H65N2+. The molecule has 294 valence electrons. The normalized spacial score (nSPS) is 19.5. The van der Waals surface area contributed by atoms with Gasteiger partial charge in [-0.05, 0) is 114 Å². The molecule has 0 unspecified atom stereocenters. The minimum Gasteiger partial charge on any atom is -0.347 e. The molecule has 2 heteroatoms. The van der Waals surface area contributed by atoms with E-state index in [2.05, 4.69) is 194 Å². The molecule has 2 heterocycles. The molecule has 4 aromatic rings. The zero-order chi connectivity index (χ0) is 40.3. The fourth-order valence-corrected chi connectivity index (χ4v) is 12.1. The molecular weight excluding hydrogens is 689 g/mol. The van der Waals surface area contributed by atoms with Gasteiger partial charge in [-0.25, -0.2) is 0 Å². The summed E-state index contributed by atoms with van der Waals surface area (Å²) in [7, 11) is 4.52. The van der Waals surface area contributed by atoms with Gasteiger partial charge in [-0.1, -0.05) is 146 Å². The zero-order valence-corrected chi connectivity index (χ0v) is 36.5. The van der Waals surface area contributed by atoms with Crippen molar-refractivity contribution in [2.24, 2.45) is 0 Å². The van der Waals surface area contributed by atoms with Gasteiger partial charge in [0.15, 0.2) is 5.71 Å². The van der Waals surface area contributed by atoms with Crippen LogP contribution in [-0.4, -0.2) is 24.4 Å². The van der Waals surface area contributed by atoms with E-state index in [1.807, 2.05) is 0 Å². The molecule has 4 aliphatic rings. The summed E-state index contributed by atoms with van der Waals surface area (Å²) in [6.45, 7) is 18.9. The second-order valence-electron chi connectivity index (χ2n) is 18.5. The second-order valence-corrected chi connectivity index (χ2v) is 18.5. The standard InChI is InChI=1S/C55H65N2/c1-11-30-54(31-12-2)42-26-22-20-24-38(42)40-34-46-48(36-44(40)54)56(9)50(52(46,5)6)28-18-16-15-17-19-29-51-53(7,8)47-35-41-39-25-21-23-27-43(39)55(32-13-3,33-14-4)45(41)37-49(47)57(51)10/h15-29,34-37H,11-14,30-33H2,1-10H3/q+1. The lowest BCUT2D eigenvalue weighted by molar-refractivity contribution is -0.401. The van der Waals surface area contributed by atoms with Crippen molar-refractivity contribution < 1.29 is 4.58 Å². The largest absolute Gasteiger partial charge is 0.347 e. The van der Waals surface area contributed by atoms with Crippen LogP contribution in [0.2, 0.25) is 0 Å². The van der Waals surface area contributed by atoms with Gasteiger partial charge in [0.2, 0.25) is 5.69 Å². The van der Waals surface area contributed by atoms with E-state index in [4.69, 9.17) is 0 Å². The third-order valence-corrected chi connectivity index (χ3v) is 14.5. The molecule has 0 N–H and O–H groups in total. The first-order chi connectivity index (χ1) is 27.4. The van der Waals surface area contributed by atoms with Crippen molar-refractivity contribution in [3.63, 3.8) is 0 Å². The van der Waals surface area contributed by atoms with Crippen molar-refractivity contribution in [2.75, 3.05) is 19.0 Å². The van der Waals surface area contributed by atoms with Gasteiger partial charge in [0.25, 0.3) is 0 Å². The number of benzene rings is 4. The molecule has 0 amide bonds. The molecule has 2 aliphatic heterocycles. The van der Waals surface area contributed by atoms with Crippen LogP contribution in [0.3, 0.4) is 0 Å². The highest BCUT2D eigenvalue weighted by atomic mass is 15.2. The molecule has 0 atom stereocenters. The third-order valence-electron chi connectivity index (χ3n) is 14.5. The summed E-state index contributed by atoms with van der Waals surface area (Å²) in [4.78, 5) is 2.45. The van der Waals surface area contributed by atoms with Gasteiger partial charge in [-0.15, -0.1) is 0 Å². The van der Waals surface area contributed by atoms with Crippen LogP contribution in [-0.2, 0) is 21.7 Å². The Hall–Kier alpha value is -4.69. The van der Waals surface area contributed by atoms with Gasteiger partial charge in [-0.2, -0.15) is 4.58 Å². The third kappa shape index (κ3) is 5.75. The maximum Gasteiger partial charge on any atom is 0.209 e. The Kier molecular flexibility index (Phi) is 10.0. The molecule has 0 spiro atoms. The summed E-state index contributed by atoms with van der Waals surface area (Å²) < 4.78 is 2.45. The van der Waals surface area contributed by atoms with E-state index in [-0.39, 0.29) is 21.7 Å². The lowest BCUT2D eigenvalue weighted by Crippen LogP contribution is -2.26. The van der Waals surface area contributed by atoms with Gasteiger partial charge in [-0.3, -0.25) is 0 Å². The zero-order valence-electron chi connectivity index (χ0n) is 36.5. The molecule has 8 rings (SSSR count). The maximum absolute atomic E-state index is 2.56. The predicted molar refractivity (Wildman–Crippen MR) is 246 cm³/mol. The summed E-state index contributed by atoms with van der Waals surface area (Å²) in [5.41, 5.74) is 20.2. The first kappa shape index (κ1) is 39.2. The summed E-state index contributed by atoms with van der Waals surface area (Å²) >= 11 is 0. The number of allylic oxidation sites excluding steroid dienone is 8. The number of fused-ring (bicyclic) bond motifs is 8. The Labute approximate surface area is 344 Å². The minimum absolute atomic E-state index is 0.0952. The van der Waals surface area contributed by atoms with E-state index in [9.17, 15) is 0 Å². The first-order valence-electron chi connectivity index (χ1n) is 22.1. The van der Waals surface area contributed by atoms with Gasteiger partial charge < -0.3 is 4.90 Å². The quantitative estimate of drug-likeness (QED) is 0.103. The van der Waals surface area contributed by atoms with Gasteiger partial charge in [0.1, 0.15) is 7.05 Å². The van der Waals surface area contributed by atoms with E-state index in [1.54, 1.807) is 0 Å². The Bertz CT molecular complexity index is 2370. The molecule has 2 nitrogen and oxygen atoms in total. The van der Waals surface area contributed by atoms with Crippen molar-refractivity contribution in [2.45, 2.75) is 128 Å². The number of hydrogen-bond acceptors (Lipinski definition) is 1. The van der Waals surface area contributed by atoms with Crippen molar-refractivity contribution in [3.8, 4) is 22.3 Å². The lowest BCUT2D eigenvalue weighted by Gasteiger charge is -2.32. The Balaban J connectivity index is 1.04. The van der Waals surface area contributed by atoms with Crippen LogP contribution in [0.25, 0.3) is 22.3 Å². The van der Waals surface area contributed by atoms with Crippen LogP contribution >= 0.6 is 0 Å². The molecule has 0 saturated carbocycles. The summed E-state index contributed by atoms with van der Waals surface area (Å²) in [6, 6.07) is 28.6. The highest BCUT2D eigenvalue weighted by Crippen LogP contribution is 2.59. The second kappa shape index (κ2) is 14.6. The predicted octanol–water partition coefficient (Wildman–Crippen LogP) is 14.4. The molecule has 57 heavy (non-hydrogen) atoms. The molecule has 0 saturated heterocycles. The SMILES string of the molecule is CCCC1(CCC)c2ccccc2-c2cc3c(cc21)N(C)/C(=C/C=C/C=C/C=C/C1=[N+](C)c2cc4c(cc2C1(C)C)-c1ccccc1C4(CCC)CCC)C3(C)C. The Morgan fingerprint density at radius 2 is 1.02 bits per heavy atom. The van der Waals surface area contributed by atoms with E-state index < -0.39 is 0 Å². The van der Waals surface area contributed by atoms with Gasteiger partial charge in [0.05, 0.1) is 5.41 Å². The highest BCUT2D eigenvalue weighted by molar-refractivity contribution is 6.04. The average molecular weight is 754 g/mol. The van der Waals surface area contributed by atoms with Crippen LogP contribution in [0.1, 0.15) is 140 Å². The Morgan fingerprint density at radius 3 is 1.58 bits per heavy atom. The van der Waals surface area contributed by atoms with E-state index in [0.29, 0.717) is 0 Å². The van der Waals surface area contributed by atoms with Crippen LogP contribution in [0.5, 0.6) is 0 Å². The number of rotatable bonds is 12. The van der Waals surface area contributed by atoms with Crippen LogP contribution in [0, 0.1) is 0 Å². The van der Waals surface area contributed by atoms with Crippen molar-refractivity contribution in [3.05, 3.63) is 154 Å². The number of nitrogens with zero attached hydrogens (tertiary/aromatic N) is 2. The van der Waals surface area contributed by atoms with E-state index in [0.717, 1.165) is 0 Å². The van der Waals surface area contributed by atoms with E-state index in [1.165, 1.54) is 130 Å². The molecule has 2 aliphatic carbocycles. The Morgan fingerprint density at radius 1 is 0.526 bits per heavy atom. The fourth-order valence-electron chi connectivity index (χ4n) is 12.1. The van der Waals surface area contributed by atoms with Gasteiger partial charge in [0, 0.05) is 52.4 Å². The van der Waals surface area contributed by atoms with Gasteiger partial charge >= 0.3 is 0 Å². The summed E-state index contributed by atoms with van der Waals surface area (Å²) in [5, 5.41) is 0. The number of likely N-dealkylation sites (N-methyl/N-ethyl adjacent to an activating group) is 1. The topological polar surface area (TPSA) is 6.25 Å². The molecule has 0 fully saturated rings. The number of hydrogen-bond donors (Lipinski definition) is 0. The number of anilines is 1. The van der Waals surface area contributed by atoms with Crippen molar-refractivity contribution in [1.82, 2.24) is 0 Å². The first-order valence-corrected chi connectivity index (χ1v) is 22.1. The summed E-state index contributed by atoms with van der Waals surface area (Å²) in [6.07, 6.45) is 25.1. The van der Waals surface area contributed by atoms with Crippen molar-refractivity contribution >= 4 is 17.1 Å². The van der Waals surface area contributed by atoms with Crippen molar-refractivity contribution in [1.29, 1.82) is 0 Å². The highest BCUT2D eigenvalue weighted by Gasteiger charge is 2.49. The monoisotopic (exact) mass is 754 g/mol. The maximum atomic E-state index is 2.56. The molecule has 0 radical (unpaired) electrons. The minimum atomic E-state index is -0.0952. The average Bonchev–Trinajstić information content (AvgIpc) is 3.75. The van der Waals surface area contributed by atoms with Crippen LogP contribution < -0.4 is 4.90 Å². The van der Waals surface area contributed by atoms with Crippen LogP contribution in [0.15, 0.2) is 121 Å². The smallest absolute Gasteiger partial charge is 0.209 e. The van der Waals surface area contributed by atoms with E-state index >= 15 is 0 Å². The lowest BCUT2D eigenvalue weighted by atomic mass is 9.71.